The van der Waals surface area contributed by atoms with E-state index in [0.717, 1.165) is 24.6 Å². The molecule has 1 aromatic heterocycles. The molecule has 0 radical (unpaired) electrons. The molecule has 0 aromatic carbocycles. The molecule has 110 valence electrons. The monoisotopic (exact) mass is 300 g/mol. The fraction of sp³-hybridized carbons (Fsp3) is 0.438. The minimum absolute atomic E-state index is 0.554. The van der Waals surface area contributed by atoms with Gasteiger partial charge in [0.25, 0.3) is 0 Å². The smallest absolute Gasteiger partial charge is 0.225 e. The van der Waals surface area contributed by atoms with E-state index in [1.165, 1.54) is 37.4 Å². The Morgan fingerprint density at radius 2 is 1.90 bits per heavy atom. The number of nitrogens with one attached hydrogen (secondary N) is 1. The molecule has 1 aliphatic rings. The average molecular weight is 300 g/mol. The summed E-state index contributed by atoms with van der Waals surface area (Å²) < 4.78 is 0. The van der Waals surface area contributed by atoms with E-state index >= 15 is 0 Å². The van der Waals surface area contributed by atoms with E-state index in [0.29, 0.717) is 5.04 Å². The van der Waals surface area contributed by atoms with Gasteiger partial charge in [0.1, 0.15) is 0 Å². The van der Waals surface area contributed by atoms with Crippen molar-refractivity contribution in [2.75, 3.05) is 18.0 Å². The SMILES string of the molecule is CC(=N)S/C=C/C#Cc1cnc(N2CCCCCC2)nc1. The van der Waals surface area contributed by atoms with E-state index in [9.17, 15) is 0 Å². The van der Waals surface area contributed by atoms with Gasteiger partial charge in [0, 0.05) is 25.5 Å². The van der Waals surface area contributed by atoms with Crippen molar-refractivity contribution in [3.8, 4) is 11.8 Å². The molecule has 5 heteroatoms. The van der Waals surface area contributed by atoms with Gasteiger partial charge >= 0.3 is 0 Å². The molecule has 0 amide bonds. The lowest BCUT2D eigenvalue weighted by molar-refractivity contribution is 0.726. The number of hydrogen-bond donors (Lipinski definition) is 1. The van der Waals surface area contributed by atoms with Crippen molar-refractivity contribution in [2.24, 2.45) is 0 Å². The Bertz CT molecular complexity index is 546. The standard InChI is InChI=1S/C16H20N4S/c1-14(17)21-11-7-4-8-15-12-18-16(19-13-15)20-9-5-2-3-6-10-20/h7,11-13,17H,2-3,5-6,9-10H2,1H3/b11-7+,17-14?. The van der Waals surface area contributed by atoms with Gasteiger partial charge in [0.05, 0.1) is 10.6 Å². The molecule has 21 heavy (non-hydrogen) atoms. The Labute approximate surface area is 130 Å². The van der Waals surface area contributed by atoms with Crippen molar-refractivity contribution in [3.05, 3.63) is 29.4 Å². The summed E-state index contributed by atoms with van der Waals surface area (Å²) in [6.45, 7) is 3.85. The van der Waals surface area contributed by atoms with Crippen molar-refractivity contribution >= 4 is 22.8 Å². The van der Waals surface area contributed by atoms with Gasteiger partial charge in [-0.05, 0) is 31.2 Å². The summed E-state index contributed by atoms with van der Waals surface area (Å²) in [6, 6.07) is 0. The molecule has 0 spiro atoms. The fourth-order valence-electron chi connectivity index (χ4n) is 2.11. The lowest BCUT2D eigenvalue weighted by Crippen LogP contribution is -2.25. The van der Waals surface area contributed by atoms with Crippen LogP contribution in [0.5, 0.6) is 0 Å². The first kappa shape index (κ1) is 15.6. The Morgan fingerprint density at radius 3 is 2.52 bits per heavy atom. The second-order valence-electron chi connectivity index (χ2n) is 4.92. The van der Waals surface area contributed by atoms with Crippen LogP contribution < -0.4 is 4.90 Å². The number of anilines is 1. The highest BCUT2D eigenvalue weighted by atomic mass is 32.2. The number of thioether (sulfide) groups is 1. The summed E-state index contributed by atoms with van der Waals surface area (Å²) in [7, 11) is 0. The number of rotatable bonds is 2. The molecule has 0 aliphatic carbocycles. The van der Waals surface area contributed by atoms with Crippen molar-refractivity contribution in [2.45, 2.75) is 32.6 Å². The summed E-state index contributed by atoms with van der Waals surface area (Å²) >= 11 is 1.35. The topological polar surface area (TPSA) is 52.9 Å². The van der Waals surface area contributed by atoms with Crippen molar-refractivity contribution < 1.29 is 0 Å². The molecule has 0 saturated carbocycles. The Balaban J connectivity index is 1.94. The Kier molecular flexibility index (Phi) is 6.29. The van der Waals surface area contributed by atoms with E-state index in [4.69, 9.17) is 5.41 Å². The number of aromatic nitrogens is 2. The quantitative estimate of drug-likeness (QED) is 0.516. The Hall–Kier alpha value is -1.80. The number of allylic oxidation sites excluding steroid dienone is 1. The van der Waals surface area contributed by atoms with Gasteiger partial charge in [-0.25, -0.2) is 9.97 Å². The minimum Gasteiger partial charge on any atom is -0.341 e. The number of hydrogen-bond acceptors (Lipinski definition) is 5. The summed E-state index contributed by atoms with van der Waals surface area (Å²) in [5.41, 5.74) is 0.815. The van der Waals surface area contributed by atoms with Crippen LogP contribution in [0, 0.1) is 17.3 Å². The molecular weight excluding hydrogens is 280 g/mol. The van der Waals surface area contributed by atoms with E-state index in [1.54, 1.807) is 25.4 Å². The molecule has 1 N–H and O–H groups in total. The average Bonchev–Trinajstić information content (AvgIpc) is 2.76. The van der Waals surface area contributed by atoms with Crippen LogP contribution in [0.3, 0.4) is 0 Å². The molecule has 0 bridgehead atoms. The van der Waals surface area contributed by atoms with Crippen molar-refractivity contribution in [1.29, 1.82) is 5.41 Å². The van der Waals surface area contributed by atoms with Crippen LogP contribution in [-0.2, 0) is 0 Å². The fourth-order valence-corrected chi connectivity index (χ4v) is 2.46. The van der Waals surface area contributed by atoms with Gasteiger partial charge in [-0.15, -0.1) is 0 Å². The van der Waals surface area contributed by atoms with Gasteiger partial charge in [0.15, 0.2) is 0 Å². The summed E-state index contributed by atoms with van der Waals surface area (Å²) in [5, 5.41) is 9.63. The normalized spacial score (nSPS) is 15.4. The van der Waals surface area contributed by atoms with Crippen molar-refractivity contribution in [3.63, 3.8) is 0 Å². The van der Waals surface area contributed by atoms with Gasteiger partial charge in [-0.1, -0.05) is 36.4 Å². The largest absolute Gasteiger partial charge is 0.341 e. The van der Waals surface area contributed by atoms with Gasteiger partial charge in [0.2, 0.25) is 5.95 Å². The minimum atomic E-state index is 0.554. The van der Waals surface area contributed by atoms with Crippen LogP contribution >= 0.6 is 11.8 Å². The van der Waals surface area contributed by atoms with E-state index in [-0.39, 0.29) is 0 Å². The predicted molar refractivity (Wildman–Crippen MR) is 89.7 cm³/mol. The van der Waals surface area contributed by atoms with E-state index in [2.05, 4.69) is 26.7 Å². The maximum atomic E-state index is 7.27. The number of nitrogens with zero attached hydrogens (tertiary/aromatic N) is 3. The molecule has 0 atom stereocenters. The van der Waals surface area contributed by atoms with Crippen LogP contribution in [0.25, 0.3) is 0 Å². The van der Waals surface area contributed by atoms with E-state index in [1.807, 2.05) is 5.41 Å². The third-order valence-electron chi connectivity index (χ3n) is 3.14. The predicted octanol–water partition coefficient (Wildman–Crippen LogP) is 3.45. The van der Waals surface area contributed by atoms with E-state index < -0.39 is 0 Å². The highest BCUT2D eigenvalue weighted by molar-refractivity contribution is 8.16. The molecule has 1 aliphatic heterocycles. The molecule has 0 unspecified atom stereocenters. The lowest BCUT2D eigenvalue weighted by Gasteiger charge is -2.19. The van der Waals surface area contributed by atoms with Crippen molar-refractivity contribution in [1.82, 2.24) is 9.97 Å². The molecule has 4 nitrogen and oxygen atoms in total. The van der Waals surface area contributed by atoms with Crippen LogP contribution in [-0.4, -0.2) is 28.1 Å². The second-order valence-corrected chi connectivity index (χ2v) is 6.04. The van der Waals surface area contributed by atoms with Gasteiger partial charge in [-0.2, -0.15) is 0 Å². The first-order chi connectivity index (χ1) is 10.3. The highest BCUT2D eigenvalue weighted by Gasteiger charge is 2.11. The summed E-state index contributed by atoms with van der Waals surface area (Å²) in [6.07, 6.45) is 10.4. The highest BCUT2D eigenvalue weighted by Crippen LogP contribution is 2.14. The molecule has 2 rings (SSSR count). The van der Waals surface area contributed by atoms with Gasteiger partial charge < -0.3 is 4.90 Å². The van der Waals surface area contributed by atoms with Crippen LogP contribution in [0.15, 0.2) is 23.9 Å². The zero-order valence-corrected chi connectivity index (χ0v) is 13.1. The second kappa shape index (κ2) is 8.48. The summed E-state index contributed by atoms with van der Waals surface area (Å²) in [4.78, 5) is 11.1. The van der Waals surface area contributed by atoms with Crippen LogP contribution in [0.1, 0.15) is 38.2 Å². The maximum absolute atomic E-state index is 7.27. The van der Waals surface area contributed by atoms with Crippen LogP contribution in [0.2, 0.25) is 0 Å². The molecule has 1 aromatic rings. The molecular formula is C16H20N4S. The molecule has 1 fully saturated rings. The molecule has 1 saturated heterocycles. The Morgan fingerprint density at radius 1 is 1.24 bits per heavy atom. The third kappa shape index (κ3) is 5.60. The third-order valence-corrected chi connectivity index (χ3v) is 3.77. The van der Waals surface area contributed by atoms with Crippen LogP contribution in [0.4, 0.5) is 5.95 Å². The summed E-state index contributed by atoms with van der Waals surface area (Å²) in [5.74, 6) is 6.73. The first-order valence-electron chi connectivity index (χ1n) is 7.21. The zero-order valence-electron chi connectivity index (χ0n) is 12.3. The van der Waals surface area contributed by atoms with Gasteiger partial charge in [-0.3, -0.25) is 5.41 Å². The maximum Gasteiger partial charge on any atom is 0.225 e. The molecule has 2 heterocycles. The lowest BCUT2D eigenvalue weighted by atomic mass is 10.2. The zero-order chi connectivity index (χ0) is 14.9. The first-order valence-corrected chi connectivity index (χ1v) is 8.09.